The van der Waals surface area contributed by atoms with Crippen LogP contribution in [0.4, 0.5) is 5.69 Å². The Morgan fingerprint density at radius 2 is 2.25 bits per heavy atom. The number of hydrogen-bond donors (Lipinski definition) is 2. The highest BCUT2D eigenvalue weighted by Crippen LogP contribution is 2.32. The van der Waals surface area contributed by atoms with Gasteiger partial charge in [-0.05, 0) is 50.4 Å². The van der Waals surface area contributed by atoms with Crippen LogP contribution in [0.2, 0.25) is 5.02 Å². The van der Waals surface area contributed by atoms with Crippen molar-refractivity contribution in [2.45, 2.75) is 25.9 Å². The van der Waals surface area contributed by atoms with E-state index in [1.807, 2.05) is 31.0 Å². The molecule has 5 heteroatoms. The number of amides is 1. The number of nitrogens with zero attached hydrogens (tertiary/aromatic N) is 1. The van der Waals surface area contributed by atoms with Crippen LogP contribution in [0.5, 0.6) is 0 Å². The minimum Gasteiger partial charge on any atom is -0.392 e. The number of nitrogens with one attached hydrogen (secondary N) is 1. The van der Waals surface area contributed by atoms with Crippen molar-refractivity contribution in [2.75, 3.05) is 25.5 Å². The quantitative estimate of drug-likeness (QED) is 0.847. The summed E-state index contributed by atoms with van der Waals surface area (Å²) < 4.78 is 0. The minimum atomic E-state index is -0.318. The highest BCUT2D eigenvalue weighted by atomic mass is 35.5. The lowest BCUT2D eigenvalue weighted by Gasteiger charge is -2.19. The monoisotopic (exact) mass is 296 g/mol. The second-order valence-corrected chi connectivity index (χ2v) is 6.02. The molecule has 1 saturated carbocycles. The number of benzene rings is 1. The zero-order chi connectivity index (χ0) is 14.7. The second kappa shape index (κ2) is 6.57. The van der Waals surface area contributed by atoms with E-state index in [-0.39, 0.29) is 18.6 Å². The molecular weight excluding hydrogens is 276 g/mol. The Morgan fingerprint density at radius 1 is 1.55 bits per heavy atom. The fraction of sp³-hybridized carbons (Fsp3) is 0.533. The molecule has 20 heavy (non-hydrogen) atoms. The van der Waals surface area contributed by atoms with E-state index in [1.54, 1.807) is 6.07 Å². The molecule has 110 valence electrons. The van der Waals surface area contributed by atoms with Gasteiger partial charge in [0.15, 0.2) is 0 Å². The number of likely N-dealkylation sites (N-methyl/N-ethyl adjacent to an activating group) is 1. The number of halogens is 1. The molecule has 2 N–H and O–H groups in total. The van der Waals surface area contributed by atoms with Gasteiger partial charge in [0.1, 0.15) is 0 Å². The third-order valence-corrected chi connectivity index (χ3v) is 3.94. The second-order valence-electron chi connectivity index (χ2n) is 5.61. The van der Waals surface area contributed by atoms with Crippen LogP contribution in [0.3, 0.4) is 0 Å². The van der Waals surface area contributed by atoms with E-state index in [9.17, 15) is 9.90 Å². The third kappa shape index (κ3) is 4.47. The van der Waals surface area contributed by atoms with E-state index in [0.29, 0.717) is 23.2 Å². The fourth-order valence-electron chi connectivity index (χ4n) is 2.13. The van der Waals surface area contributed by atoms with Gasteiger partial charge in [-0.2, -0.15) is 0 Å². The average Bonchev–Trinajstić information content (AvgIpc) is 3.17. The van der Waals surface area contributed by atoms with E-state index in [1.165, 1.54) is 0 Å². The Kier molecular flexibility index (Phi) is 5.02. The van der Waals surface area contributed by atoms with Gasteiger partial charge in [-0.1, -0.05) is 17.7 Å². The molecule has 0 radical (unpaired) electrons. The van der Waals surface area contributed by atoms with Crippen molar-refractivity contribution < 1.29 is 9.90 Å². The molecule has 0 saturated heterocycles. The molecule has 0 aromatic heterocycles. The standard InChI is InChI=1S/C15H21ClN2O2/c1-10-3-6-12(7-13(10)16)17-15(20)9-18(2)8-14(19)11-4-5-11/h3,6-7,11,14,19H,4-5,8-9H2,1-2H3,(H,17,20). The summed E-state index contributed by atoms with van der Waals surface area (Å²) in [4.78, 5) is 13.7. The summed E-state index contributed by atoms with van der Waals surface area (Å²) in [6.45, 7) is 2.71. The Bertz CT molecular complexity index is 489. The summed E-state index contributed by atoms with van der Waals surface area (Å²) in [6, 6.07) is 5.45. The number of rotatable bonds is 6. The van der Waals surface area contributed by atoms with Crippen LogP contribution in [0, 0.1) is 12.8 Å². The minimum absolute atomic E-state index is 0.101. The molecule has 0 bridgehead atoms. The Morgan fingerprint density at radius 3 is 2.85 bits per heavy atom. The summed E-state index contributed by atoms with van der Waals surface area (Å²) in [7, 11) is 1.84. The molecule has 1 aliphatic rings. The van der Waals surface area contributed by atoms with Gasteiger partial charge in [0.25, 0.3) is 0 Å². The normalized spacial score (nSPS) is 16.2. The van der Waals surface area contributed by atoms with Crippen LogP contribution in [-0.2, 0) is 4.79 Å². The van der Waals surface area contributed by atoms with E-state index < -0.39 is 0 Å². The first-order valence-electron chi connectivity index (χ1n) is 6.88. The van der Waals surface area contributed by atoms with Crippen LogP contribution in [0.1, 0.15) is 18.4 Å². The van der Waals surface area contributed by atoms with Gasteiger partial charge in [-0.25, -0.2) is 0 Å². The maximum absolute atomic E-state index is 11.9. The molecule has 0 spiro atoms. The SMILES string of the molecule is Cc1ccc(NC(=O)CN(C)CC(O)C2CC2)cc1Cl. The maximum Gasteiger partial charge on any atom is 0.238 e. The molecule has 1 unspecified atom stereocenters. The largest absolute Gasteiger partial charge is 0.392 e. The van der Waals surface area contributed by atoms with Gasteiger partial charge >= 0.3 is 0 Å². The number of carbonyl (C=O) groups is 1. The van der Waals surface area contributed by atoms with Crippen LogP contribution >= 0.6 is 11.6 Å². The van der Waals surface area contributed by atoms with Crippen LogP contribution in [0.15, 0.2) is 18.2 Å². The average molecular weight is 297 g/mol. The molecule has 1 aromatic carbocycles. The fourth-order valence-corrected chi connectivity index (χ4v) is 2.31. The first-order chi connectivity index (χ1) is 9.45. The molecule has 0 aliphatic heterocycles. The summed E-state index contributed by atoms with van der Waals surface area (Å²) >= 11 is 6.02. The molecule has 1 atom stereocenters. The molecular formula is C15H21ClN2O2. The number of aliphatic hydroxyl groups is 1. The predicted molar refractivity (Wildman–Crippen MR) is 81.0 cm³/mol. The maximum atomic E-state index is 11.9. The molecule has 1 aromatic rings. The van der Waals surface area contributed by atoms with Crippen molar-refractivity contribution in [3.05, 3.63) is 28.8 Å². The zero-order valence-corrected chi connectivity index (χ0v) is 12.7. The van der Waals surface area contributed by atoms with Crippen molar-refractivity contribution in [1.29, 1.82) is 0 Å². The topological polar surface area (TPSA) is 52.6 Å². The van der Waals surface area contributed by atoms with Crippen molar-refractivity contribution in [3.63, 3.8) is 0 Å². The third-order valence-electron chi connectivity index (χ3n) is 3.53. The highest BCUT2D eigenvalue weighted by Gasteiger charge is 2.30. The van der Waals surface area contributed by atoms with E-state index in [4.69, 9.17) is 11.6 Å². The first-order valence-corrected chi connectivity index (χ1v) is 7.26. The summed E-state index contributed by atoms with van der Waals surface area (Å²) in [6.07, 6.45) is 1.88. The lowest BCUT2D eigenvalue weighted by molar-refractivity contribution is -0.117. The zero-order valence-electron chi connectivity index (χ0n) is 11.9. The smallest absolute Gasteiger partial charge is 0.238 e. The number of anilines is 1. The van der Waals surface area contributed by atoms with E-state index in [2.05, 4.69) is 5.32 Å². The number of aryl methyl sites for hydroxylation is 1. The molecule has 1 amide bonds. The molecule has 2 rings (SSSR count). The van der Waals surface area contributed by atoms with Crippen LogP contribution in [0.25, 0.3) is 0 Å². The summed E-state index contributed by atoms with van der Waals surface area (Å²) in [5, 5.41) is 13.3. The van der Waals surface area contributed by atoms with Crippen molar-refractivity contribution in [2.24, 2.45) is 5.92 Å². The van der Waals surface area contributed by atoms with Gasteiger partial charge < -0.3 is 10.4 Å². The molecule has 1 aliphatic carbocycles. The van der Waals surface area contributed by atoms with Crippen molar-refractivity contribution in [1.82, 2.24) is 4.90 Å². The van der Waals surface area contributed by atoms with Gasteiger partial charge in [0, 0.05) is 17.3 Å². The van der Waals surface area contributed by atoms with E-state index in [0.717, 1.165) is 18.4 Å². The molecule has 0 heterocycles. The first kappa shape index (κ1) is 15.3. The number of carbonyl (C=O) groups excluding carboxylic acids is 1. The van der Waals surface area contributed by atoms with Crippen molar-refractivity contribution >= 4 is 23.2 Å². The lowest BCUT2D eigenvalue weighted by Crippen LogP contribution is -2.36. The number of hydrogen-bond acceptors (Lipinski definition) is 3. The van der Waals surface area contributed by atoms with Gasteiger partial charge in [-0.15, -0.1) is 0 Å². The number of aliphatic hydroxyl groups excluding tert-OH is 1. The van der Waals surface area contributed by atoms with Crippen LogP contribution < -0.4 is 5.32 Å². The summed E-state index contributed by atoms with van der Waals surface area (Å²) in [5.41, 5.74) is 1.68. The Balaban J connectivity index is 1.80. The molecule has 1 fully saturated rings. The highest BCUT2D eigenvalue weighted by molar-refractivity contribution is 6.31. The van der Waals surface area contributed by atoms with E-state index >= 15 is 0 Å². The Labute approximate surface area is 124 Å². The summed E-state index contributed by atoms with van der Waals surface area (Å²) in [5.74, 6) is 0.326. The van der Waals surface area contributed by atoms with Crippen molar-refractivity contribution in [3.8, 4) is 0 Å². The van der Waals surface area contributed by atoms with Crippen LogP contribution in [-0.4, -0.2) is 42.2 Å². The van der Waals surface area contributed by atoms with Gasteiger partial charge in [0.2, 0.25) is 5.91 Å². The van der Waals surface area contributed by atoms with Gasteiger partial charge in [-0.3, -0.25) is 9.69 Å². The lowest BCUT2D eigenvalue weighted by atomic mass is 10.2. The Hall–Kier alpha value is -1.10. The molecule has 4 nitrogen and oxygen atoms in total. The van der Waals surface area contributed by atoms with Gasteiger partial charge in [0.05, 0.1) is 12.6 Å². The predicted octanol–water partition coefficient (Wildman–Crippen LogP) is 2.29.